The Morgan fingerprint density at radius 2 is 1.14 bits per heavy atom. The first-order valence-electron chi connectivity index (χ1n) is 19.9. The third kappa shape index (κ3) is 5.43. The van der Waals surface area contributed by atoms with Gasteiger partial charge in [0.25, 0.3) is 0 Å². The van der Waals surface area contributed by atoms with Crippen molar-refractivity contribution in [2.24, 2.45) is 0 Å². The van der Waals surface area contributed by atoms with E-state index in [0.717, 1.165) is 68.9 Å². The van der Waals surface area contributed by atoms with Crippen LogP contribution in [-0.4, -0.2) is 17.1 Å². The molecule has 0 N–H and O–H groups in total. The number of hydrogen-bond donors (Lipinski definition) is 0. The lowest BCUT2D eigenvalue weighted by Gasteiger charge is -2.39. The molecule has 1 unspecified atom stereocenters. The SMILES string of the molecule is CCC1(CC)c2ccccc2-c2c1c1c(c3ccccc23)OC(c2ccc(OC)cc2)(c2ccc(-c3nc(-c4ccccc4)cc(-c4ccccc4)n3)cc2)C=C1. The van der Waals surface area contributed by atoms with Gasteiger partial charge in [0, 0.05) is 44.2 Å². The van der Waals surface area contributed by atoms with E-state index in [2.05, 4.69) is 141 Å². The van der Waals surface area contributed by atoms with Gasteiger partial charge in [0.15, 0.2) is 11.4 Å². The molecular formula is C53H42N2O2. The van der Waals surface area contributed by atoms with Gasteiger partial charge in [-0.3, -0.25) is 0 Å². The summed E-state index contributed by atoms with van der Waals surface area (Å²) in [5, 5.41) is 2.34. The summed E-state index contributed by atoms with van der Waals surface area (Å²) >= 11 is 0. The van der Waals surface area contributed by atoms with Crippen molar-refractivity contribution in [3.63, 3.8) is 0 Å². The average Bonchev–Trinajstić information content (AvgIpc) is 3.60. The molecule has 276 valence electrons. The molecule has 0 saturated heterocycles. The topological polar surface area (TPSA) is 44.2 Å². The summed E-state index contributed by atoms with van der Waals surface area (Å²) in [6, 6.07) is 57.3. The molecule has 0 saturated carbocycles. The maximum atomic E-state index is 7.63. The maximum absolute atomic E-state index is 7.63. The first kappa shape index (κ1) is 34.7. The van der Waals surface area contributed by atoms with Crippen LogP contribution in [0.1, 0.15) is 54.5 Å². The highest BCUT2D eigenvalue weighted by molar-refractivity contribution is 6.08. The molecule has 0 amide bonds. The van der Waals surface area contributed by atoms with Crippen LogP contribution in [0.4, 0.5) is 0 Å². The van der Waals surface area contributed by atoms with Crippen molar-refractivity contribution in [1.29, 1.82) is 0 Å². The van der Waals surface area contributed by atoms with Crippen LogP contribution in [0.2, 0.25) is 0 Å². The van der Waals surface area contributed by atoms with Crippen molar-refractivity contribution in [3.05, 3.63) is 198 Å². The summed E-state index contributed by atoms with van der Waals surface area (Å²) in [7, 11) is 1.70. The smallest absolute Gasteiger partial charge is 0.178 e. The van der Waals surface area contributed by atoms with E-state index in [9.17, 15) is 0 Å². The van der Waals surface area contributed by atoms with E-state index < -0.39 is 5.60 Å². The molecule has 0 bridgehead atoms. The van der Waals surface area contributed by atoms with Gasteiger partial charge in [-0.2, -0.15) is 0 Å². The quantitative estimate of drug-likeness (QED) is 0.156. The maximum Gasteiger partial charge on any atom is 0.178 e. The first-order valence-corrected chi connectivity index (χ1v) is 19.9. The van der Waals surface area contributed by atoms with Gasteiger partial charge in [-0.25, -0.2) is 9.97 Å². The number of aromatic nitrogens is 2. The second-order valence-electron chi connectivity index (χ2n) is 15.0. The standard InChI is InChI=1S/C53H42N2O2/c1-4-52(5-2)45-23-15-14-22-43(45)48-41-20-12-13-21-42(41)50-44(49(48)52)32-33-53(57-50,39-28-30-40(56-3)31-29-39)38-26-24-37(25-27-38)51-54-46(35-16-8-6-9-17-35)34-47(55-51)36-18-10-7-11-19-36/h6-34H,4-5H2,1-3H3. The second kappa shape index (κ2) is 13.8. The molecule has 0 radical (unpaired) electrons. The molecule has 2 aliphatic rings. The minimum absolute atomic E-state index is 0.123. The predicted octanol–water partition coefficient (Wildman–Crippen LogP) is 13.1. The van der Waals surface area contributed by atoms with Crippen LogP contribution in [0, 0.1) is 0 Å². The van der Waals surface area contributed by atoms with E-state index in [1.165, 1.54) is 33.2 Å². The van der Waals surface area contributed by atoms with Crippen LogP contribution in [0.3, 0.4) is 0 Å². The number of fused-ring (bicyclic) bond motifs is 8. The summed E-state index contributed by atoms with van der Waals surface area (Å²) in [5.41, 5.74) is 12.4. The van der Waals surface area contributed by atoms with Crippen LogP contribution in [0.5, 0.6) is 11.5 Å². The molecule has 4 heteroatoms. The molecule has 7 aromatic carbocycles. The zero-order valence-corrected chi connectivity index (χ0v) is 32.4. The van der Waals surface area contributed by atoms with E-state index >= 15 is 0 Å². The summed E-state index contributed by atoms with van der Waals surface area (Å²) in [4.78, 5) is 10.2. The van der Waals surface area contributed by atoms with Crippen molar-refractivity contribution in [1.82, 2.24) is 9.97 Å². The largest absolute Gasteiger partial charge is 0.497 e. The molecule has 4 nitrogen and oxygen atoms in total. The number of methoxy groups -OCH3 is 1. The van der Waals surface area contributed by atoms with Gasteiger partial charge in [0.05, 0.1) is 18.5 Å². The van der Waals surface area contributed by atoms with E-state index in [1.54, 1.807) is 7.11 Å². The fourth-order valence-electron chi connectivity index (χ4n) is 9.38. The van der Waals surface area contributed by atoms with Crippen LogP contribution >= 0.6 is 0 Å². The highest BCUT2D eigenvalue weighted by atomic mass is 16.5. The van der Waals surface area contributed by atoms with E-state index in [0.29, 0.717) is 5.82 Å². The van der Waals surface area contributed by atoms with Crippen LogP contribution < -0.4 is 9.47 Å². The van der Waals surface area contributed by atoms with E-state index in [-0.39, 0.29) is 5.41 Å². The Labute approximate surface area is 334 Å². The molecule has 8 aromatic rings. The molecule has 2 heterocycles. The summed E-state index contributed by atoms with van der Waals surface area (Å²) in [6.45, 7) is 4.66. The summed E-state index contributed by atoms with van der Waals surface area (Å²) in [6.07, 6.45) is 6.60. The van der Waals surface area contributed by atoms with Gasteiger partial charge >= 0.3 is 0 Å². The first-order chi connectivity index (χ1) is 28.1. The Morgan fingerprint density at radius 1 is 0.579 bits per heavy atom. The lowest BCUT2D eigenvalue weighted by molar-refractivity contribution is 0.163. The minimum Gasteiger partial charge on any atom is -0.497 e. The van der Waals surface area contributed by atoms with Crippen LogP contribution in [0.25, 0.3) is 61.9 Å². The number of benzene rings is 7. The second-order valence-corrected chi connectivity index (χ2v) is 15.0. The van der Waals surface area contributed by atoms with Crippen molar-refractivity contribution in [2.45, 2.75) is 37.7 Å². The predicted molar refractivity (Wildman–Crippen MR) is 233 cm³/mol. The fourth-order valence-corrected chi connectivity index (χ4v) is 9.38. The van der Waals surface area contributed by atoms with Crippen molar-refractivity contribution in [3.8, 4) is 56.5 Å². The third-order valence-corrected chi connectivity index (χ3v) is 12.3. The summed E-state index contributed by atoms with van der Waals surface area (Å²) < 4.78 is 13.2. The Morgan fingerprint density at radius 3 is 1.75 bits per heavy atom. The molecule has 0 fully saturated rings. The monoisotopic (exact) mass is 738 g/mol. The number of nitrogens with zero attached hydrogens (tertiary/aromatic N) is 2. The number of hydrogen-bond acceptors (Lipinski definition) is 4. The van der Waals surface area contributed by atoms with Gasteiger partial charge < -0.3 is 9.47 Å². The Balaban J connectivity index is 1.15. The average molecular weight is 739 g/mol. The summed E-state index contributed by atoms with van der Waals surface area (Å²) in [5.74, 6) is 2.38. The minimum atomic E-state index is -0.927. The van der Waals surface area contributed by atoms with Gasteiger partial charge in [-0.1, -0.05) is 166 Å². The Bertz CT molecular complexity index is 2750. The van der Waals surface area contributed by atoms with Crippen LogP contribution in [-0.2, 0) is 11.0 Å². The Hall–Kier alpha value is -6.78. The number of rotatable bonds is 8. The molecule has 1 aliphatic heterocycles. The van der Waals surface area contributed by atoms with E-state index in [4.69, 9.17) is 19.4 Å². The lowest BCUT2D eigenvalue weighted by atomic mass is 9.71. The van der Waals surface area contributed by atoms with Gasteiger partial charge in [0.2, 0.25) is 0 Å². The van der Waals surface area contributed by atoms with Crippen molar-refractivity contribution >= 4 is 16.8 Å². The number of ether oxygens (including phenoxy) is 2. The van der Waals surface area contributed by atoms with Gasteiger partial charge in [0.1, 0.15) is 11.5 Å². The molecule has 57 heavy (non-hydrogen) atoms. The fraction of sp³-hybridized carbons (Fsp3) is 0.132. The molecular weight excluding hydrogens is 697 g/mol. The van der Waals surface area contributed by atoms with Gasteiger partial charge in [-0.15, -0.1) is 0 Å². The highest BCUT2D eigenvalue weighted by Gasteiger charge is 2.46. The van der Waals surface area contributed by atoms with Crippen molar-refractivity contribution in [2.75, 3.05) is 7.11 Å². The van der Waals surface area contributed by atoms with E-state index in [1.807, 2.05) is 48.5 Å². The highest BCUT2D eigenvalue weighted by Crippen LogP contribution is 2.60. The zero-order valence-electron chi connectivity index (χ0n) is 32.4. The normalized spacial score (nSPS) is 16.1. The van der Waals surface area contributed by atoms with Crippen LogP contribution in [0.15, 0.2) is 170 Å². The molecule has 0 spiro atoms. The zero-order chi connectivity index (χ0) is 38.6. The lowest BCUT2D eigenvalue weighted by Crippen LogP contribution is -2.35. The van der Waals surface area contributed by atoms with Crippen molar-refractivity contribution < 1.29 is 9.47 Å². The Kier molecular flexibility index (Phi) is 8.37. The molecule has 1 aliphatic carbocycles. The molecule has 1 aromatic heterocycles. The molecule has 1 atom stereocenters. The third-order valence-electron chi connectivity index (χ3n) is 12.3. The molecule has 10 rings (SSSR count). The van der Waals surface area contributed by atoms with Gasteiger partial charge in [-0.05, 0) is 64.8 Å².